The molecule has 82 valence electrons. The summed E-state index contributed by atoms with van der Waals surface area (Å²) >= 11 is 0. The third-order valence-corrected chi connectivity index (χ3v) is 1.89. The maximum absolute atomic E-state index is 11.2. The van der Waals surface area contributed by atoms with Gasteiger partial charge in [-0.15, -0.1) is 0 Å². The van der Waals surface area contributed by atoms with Crippen LogP contribution in [-0.4, -0.2) is 24.8 Å². The molecule has 5 nitrogen and oxygen atoms in total. The van der Waals surface area contributed by atoms with Crippen LogP contribution in [-0.2, 0) is 4.74 Å². The van der Waals surface area contributed by atoms with Gasteiger partial charge in [0.25, 0.3) is 0 Å². The number of carbonyl (C=O) groups excluding carboxylic acids is 1. The number of hydrogen-bond donors (Lipinski definition) is 2. The van der Waals surface area contributed by atoms with Crippen LogP contribution in [0.3, 0.4) is 0 Å². The van der Waals surface area contributed by atoms with E-state index in [1.807, 2.05) is 0 Å². The molecule has 0 aliphatic carbocycles. The summed E-state index contributed by atoms with van der Waals surface area (Å²) in [6.07, 6.45) is 0. The van der Waals surface area contributed by atoms with Gasteiger partial charge in [0.15, 0.2) is 11.5 Å². The minimum atomic E-state index is -0.592. The number of nitrogen functional groups attached to an aromatic ring is 1. The van der Waals surface area contributed by atoms with Crippen LogP contribution in [0.5, 0.6) is 11.5 Å². The van der Waals surface area contributed by atoms with E-state index < -0.39 is 5.97 Å². The van der Waals surface area contributed by atoms with Gasteiger partial charge in [0.05, 0.1) is 25.0 Å². The maximum atomic E-state index is 11.2. The van der Waals surface area contributed by atoms with Gasteiger partial charge in [-0.3, -0.25) is 0 Å². The molecule has 0 aliphatic heterocycles. The summed E-state index contributed by atoms with van der Waals surface area (Å²) in [4.78, 5) is 11.2. The molecule has 5 heteroatoms. The Labute approximate surface area is 87.4 Å². The molecule has 1 aromatic rings. The van der Waals surface area contributed by atoms with Crippen molar-refractivity contribution in [3.63, 3.8) is 0 Å². The van der Waals surface area contributed by atoms with Gasteiger partial charge in [-0.2, -0.15) is 0 Å². The molecule has 15 heavy (non-hydrogen) atoms. The van der Waals surface area contributed by atoms with Crippen molar-refractivity contribution >= 4 is 11.7 Å². The molecule has 0 aliphatic rings. The number of phenols is 1. The number of carbonyl (C=O) groups is 1. The Hall–Kier alpha value is -1.91. The van der Waals surface area contributed by atoms with E-state index in [4.69, 9.17) is 10.5 Å². The molecule has 3 N–H and O–H groups in total. The second kappa shape index (κ2) is 4.54. The lowest BCUT2D eigenvalue weighted by Gasteiger charge is -2.10. The molecule has 0 amide bonds. The molecule has 0 bridgehead atoms. The Morgan fingerprint density at radius 3 is 2.73 bits per heavy atom. The molecule has 0 unspecified atom stereocenters. The normalized spacial score (nSPS) is 9.73. The highest BCUT2D eigenvalue weighted by Gasteiger charge is 2.16. The quantitative estimate of drug-likeness (QED) is 0.445. The van der Waals surface area contributed by atoms with Crippen molar-refractivity contribution < 1.29 is 19.4 Å². The number of anilines is 1. The third kappa shape index (κ3) is 2.12. The predicted molar refractivity (Wildman–Crippen MR) is 55.0 cm³/mol. The summed E-state index contributed by atoms with van der Waals surface area (Å²) in [6.45, 7) is 2.19. The Bertz CT molecular complexity index is 376. The molecule has 0 atom stereocenters. The molecule has 0 spiro atoms. The number of methoxy groups -OCH3 is 1. The van der Waals surface area contributed by atoms with E-state index in [1.54, 1.807) is 6.92 Å². The molecular weight excluding hydrogens is 198 g/mol. The summed E-state index contributed by atoms with van der Waals surface area (Å²) in [6, 6.07) is 2.92. The molecule has 0 radical (unpaired) electrons. The second-order valence-corrected chi connectivity index (χ2v) is 2.80. The molecule has 0 fully saturated rings. The number of ether oxygens (including phenoxy) is 2. The van der Waals surface area contributed by atoms with Crippen molar-refractivity contribution in [1.82, 2.24) is 0 Å². The first kappa shape index (κ1) is 11.2. The van der Waals surface area contributed by atoms with E-state index in [2.05, 4.69) is 4.74 Å². The van der Waals surface area contributed by atoms with Gasteiger partial charge in [-0.25, -0.2) is 4.79 Å². The SMILES string of the molecule is CCOc1ccc(C(=O)OC)c(N)c1O. The molecule has 1 aromatic carbocycles. The van der Waals surface area contributed by atoms with Crippen LogP contribution in [0.4, 0.5) is 5.69 Å². The van der Waals surface area contributed by atoms with Crippen LogP contribution in [0.1, 0.15) is 17.3 Å². The van der Waals surface area contributed by atoms with Crippen molar-refractivity contribution in [1.29, 1.82) is 0 Å². The lowest BCUT2D eigenvalue weighted by molar-refractivity contribution is 0.0601. The fourth-order valence-corrected chi connectivity index (χ4v) is 1.15. The van der Waals surface area contributed by atoms with Gasteiger partial charge in [0, 0.05) is 0 Å². The third-order valence-electron chi connectivity index (χ3n) is 1.89. The van der Waals surface area contributed by atoms with Crippen LogP contribution in [0, 0.1) is 0 Å². The summed E-state index contributed by atoms with van der Waals surface area (Å²) in [7, 11) is 1.25. The van der Waals surface area contributed by atoms with Gasteiger partial charge >= 0.3 is 5.97 Å². The summed E-state index contributed by atoms with van der Waals surface area (Å²) in [5.41, 5.74) is 5.65. The summed E-state index contributed by atoms with van der Waals surface area (Å²) in [5.74, 6) is -0.576. The van der Waals surface area contributed by atoms with E-state index >= 15 is 0 Å². The lowest BCUT2D eigenvalue weighted by Crippen LogP contribution is -2.06. The minimum Gasteiger partial charge on any atom is -0.503 e. The number of esters is 1. The zero-order valence-electron chi connectivity index (χ0n) is 8.61. The zero-order valence-corrected chi connectivity index (χ0v) is 8.61. The first-order valence-electron chi connectivity index (χ1n) is 4.44. The standard InChI is InChI=1S/C10H13NO4/c1-3-15-7-5-4-6(10(13)14-2)8(11)9(7)12/h4-5,12H,3,11H2,1-2H3. The highest BCUT2D eigenvalue weighted by Crippen LogP contribution is 2.34. The van der Waals surface area contributed by atoms with Crippen LogP contribution >= 0.6 is 0 Å². The Kier molecular flexibility index (Phi) is 3.38. The van der Waals surface area contributed by atoms with E-state index in [0.29, 0.717) is 6.61 Å². The first-order chi connectivity index (χ1) is 7.11. The van der Waals surface area contributed by atoms with Gasteiger partial charge in [0.2, 0.25) is 0 Å². The van der Waals surface area contributed by atoms with Crippen LogP contribution < -0.4 is 10.5 Å². The van der Waals surface area contributed by atoms with Gasteiger partial charge in [0.1, 0.15) is 0 Å². The monoisotopic (exact) mass is 211 g/mol. The minimum absolute atomic E-state index is 0.0344. The number of phenolic OH excluding ortho intramolecular Hbond substituents is 1. The zero-order chi connectivity index (χ0) is 11.4. The Morgan fingerprint density at radius 2 is 2.20 bits per heavy atom. The van der Waals surface area contributed by atoms with Crippen molar-refractivity contribution in [2.24, 2.45) is 0 Å². The van der Waals surface area contributed by atoms with Crippen molar-refractivity contribution in [3.05, 3.63) is 17.7 Å². The first-order valence-corrected chi connectivity index (χ1v) is 4.44. The van der Waals surface area contributed by atoms with Crippen molar-refractivity contribution in [2.45, 2.75) is 6.92 Å². The molecular formula is C10H13NO4. The van der Waals surface area contributed by atoms with Gasteiger partial charge in [-0.1, -0.05) is 0 Å². The molecule has 0 saturated heterocycles. The fraction of sp³-hybridized carbons (Fsp3) is 0.300. The van der Waals surface area contributed by atoms with Crippen LogP contribution in [0.25, 0.3) is 0 Å². The maximum Gasteiger partial charge on any atom is 0.340 e. The van der Waals surface area contributed by atoms with Gasteiger partial charge < -0.3 is 20.3 Å². The number of hydrogen-bond acceptors (Lipinski definition) is 5. The summed E-state index contributed by atoms with van der Waals surface area (Å²) < 4.78 is 9.60. The average molecular weight is 211 g/mol. The molecule has 0 aromatic heterocycles. The van der Waals surface area contributed by atoms with Crippen LogP contribution in [0.2, 0.25) is 0 Å². The highest BCUT2D eigenvalue weighted by atomic mass is 16.5. The highest BCUT2D eigenvalue weighted by molar-refractivity contribution is 5.97. The fourth-order valence-electron chi connectivity index (χ4n) is 1.15. The van der Waals surface area contributed by atoms with Crippen molar-refractivity contribution in [2.75, 3.05) is 19.5 Å². The average Bonchev–Trinajstić information content (AvgIpc) is 2.24. The topological polar surface area (TPSA) is 81.8 Å². The number of rotatable bonds is 3. The van der Waals surface area contributed by atoms with Crippen LogP contribution in [0.15, 0.2) is 12.1 Å². The Balaban J connectivity index is 3.15. The molecule has 0 heterocycles. The lowest BCUT2D eigenvalue weighted by atomic mass is 10.1. The smallest absolute Gasteiger partial charge is 0.340 e. The number of nitrogens with two attached hydrogens (primary N) is 1. The van der Waals surface area contributed by atoms with E-state index in [0.717, 1.165) is 0 Å². The van der Waals surface area contributed by atoms with Gasteiger partial charge in [-0.05, 0) is 19.1 Å². The second-order valence-electron chi connectivity index (χ2n) is 2.80. The van der Waals surface area contributed by atoms with E-state index in [9.17, 15) is 9.90 Å². The summed E-state index contributed by atoms with van der Waals surface area (Å²) in [5, 5.41) is 9.60. The van der Waals surface area contributed by atoms with E-state index in [1.165, 1.54) is 19.2 Å². The van der Waals surface area contributed by atoms with E-state index in [-0.39, 0.29) is 22.7 Å². The largest absolute Gasteiger partial charge is 0.503 e. The number of aromatic hydroxyl groups is 1. The van der Waals surface area contributed by atoms with Crippen molar-refractivity contribution in [3.8, 4) is 11.5 Å². The molecule has 1 rings (SSSR count). The predicted octanol–water partition coefficient (Wildman–Crippen LogP) is 1.16. The Morgan fingerprint density at radius 1 is 1.53 bits per heavy atom. The number of benzene rings is 1. The molecule has 0 saturated carbocycles.